The number of aliphatic carboxylic acids is 1. The van der Waals surface area contributed by atoms with E-state index in [0.717, 1.165) is 12.8 Å². The highest BCUT2D eigenvalue weighted by Gasteiger charge is 2.37. The van der Waals surface area contributed by atoms with E-state index < -0.39 is 11.9 Å². The van der Waals surface area contributed by atoms with Crippen molar-refractivity contribution in [3.05, 3.63) is 0 Å². The highest BCUT2D eigenvalue weighted by atomic mass is 16.4. The van der Waals surface area contributed by atoms with Crippen LogP contribution >= 0.6 is 0 Å². The van der Waals surface area contributed by atoms with Crippen molar-refractivity contribution in [2.24, 2.45) is 5.92 Å². The molecule has 0 radical (unpaired) electrons. The number of carboxylic acids is 1. The molecule has 6 nitrogen and oxygen atoms in total. The number of rotatable bonds is 2. The maximum atomic E-state index is 12.4. The molecule has 2 fully saturated rings. The van der Waals surface area contributed by atoms with E-state index in [0.29, 0.717) is 25.9 Å². The summed E-state index contributed by atoms with van der Waals surface area (Å²) in [5.41, 5.74) is 0. The van der Waals surface area contributed by atoms with Crippen LogP contribution in [-0.4, -0.2) is 58.4 Å². The van der Waals surface area contributed by atoms with Crippen molar-refractivity contribution in [3.63, 3.8) is 0 Å². The van der Waals surface area contributed by atoms with Crippen molar-refractivity contribution in [1.82, 2.24) is 9.80 Å². The molecule has 2 atom stereocenters. The highest BCUT2D eigenvalue weighted by Crippen LogP contribution is 2.23. The molecule has 0 bridgehead atoms. The zero-order valence-electron chi connectivity index (χ0n) is 11.2. The Hall–Kier alpha value is -1.59. The lowest BCUT2D eigenvalue weighted by atomic mass is 9.97. The van der Waals surface area contributed by atoms with Crippen molar-refractivity contribution in [1.29, 1.82) is 0 Å². The Balaban J connectivity index is 2.02. The Morgan fingerprint density at radius 1 is 1.11 bits per heavy atom. The largest absolute Gasteiger partial charge is 0.481 e. The number of carbonyl (C=O) groups excluding carboxylic acids is 2. The van der Waals surface area contributed by atoms with Crippen molar-refractivity contribution in [2.45, 2.75) is 38.6 Å². The van der Waals surface area contributed by atoms with Gasteiger partial charge in [-0.05, 0) is 25.7 Å². The fraction of sp³-hybridized carbons (Fsp3) is 0.769. The standard InChI is InChI=1S/C13H20N2O4/c1-9(16)15-7-3-5-11(15)12(17)14-6-2-4-10(8-14)13(18)19/h10-11H,2-8H2,1H3,(H,18,19). The molecule has 2 unspecified atom stereocenters. The molecule has 2 saturated heterocycles. The smallest absolute Gasteiger partial charge is 0.308 e. The van der Waals surface area contributed by atoms with Crippen LogP contribution in [0.5, 0.6) is 0 Å². The molecule has 2 aliphatic rings. The molecule has 2 amide bonds. The van der Waals surface area contributed by atoms with Crippen LogP contribution in [0.4, 0.5) is 0 Å². The van der Waals surface area contributed by atoms with E-state index in [2.05, 4.69) is 0 Å². The summed E-state index contributed by atoms with van der Waals surface area (Å²) in [6, 6.07) is -0.384. The van der Waals surface area contributed by atoms with E-state index in [1.165, 1.54) is 6.92 Å². The second-order valence-corrected chi connectivity index (χ2v) is 5.33. The van der Waals surface area contributed by atoms with Gasteiger partial charge in [0.05, 0.1) is 5.92 Å². The van der Waals surface area contributed by atoms with Gasteiger partial charge in [0, 0.05) is 26.6 Å². The number of hydrogen-bond acceptors (Lipinski definition) is 3. The average molecular weight is 268 g/mol. The van der Waals surface area contributed by atoms with Gasteiger partial charge in [-0.25, -0.2) is 0 Å². The van der Waals surface area contributed by atoms with Crippen LogP contribution in [0.1, 0.15) is 32.6 Å². The molecule has 19 heavy (non-hydrogen) atoms. The molecule has 0 aromatic heterocycles. The first-order valence-corrected chi connectivity index (χ1v) is 6.79. The summed E-state index contributed by atoms with van der Waals surface area (Å²) in [7, 11) is 0. The van der Waals surface area contributed by atoms with E-state index in [1.807, 2.05) is 0 Å². The lowest BCUT2D eigenvalue weighted by molar-refractivity contribution is -0.149. The van der Waals surface area contributed by atoms with Gasteiger partial charge >= 0.3 is 5.97 Å². The van der Waals surface area contributed by atoms with Gasteiger partial charge in [0.25, 0.3) is 0 Å². The molecule has 0 aromatic rings. The van der Waals surface area contributed by atoms with E-state index in [4.69, 9.17) is 5.11 Å². The van der Waals surface area contributed by atoms with E-state index >= 15 is 0 Å². The Bertz CT molecular complexity index is 396. The van der Waals surface area contributed by atoms with Crippen LogP contribution < -0.4 is 0 Å². The van der Waals surface area contributed by atoms with E-state index in [-0.39, 0.29) is 24.4 Å². The van der Waals surface area contributed by atoms with Crippen LogP contribution in [-0.2, 0) is 14.4 Å². The van der Waals surface area contributed by atoms with Crippen molar-refractivity contribution >= 4 is 17.8 Å². The van der Waals surface area contributed by atoms with Crippen LogP contribution in [0, 0.1) is 5.92 Å². The van der Waals surface area contributed by atoms with Gasteiger partial charge in [0.1, 0.15) is 6.04 Å². The molecular formula is C13H20N2O4. The van der Waals surface area contributed by atoms with Crippen molar-refractivity contribution in [3.8, 4) is 0 Å². The van der Waals surface area contributed by atoms with Crippen molar-refractivity contribution < 1.29 is 19.5 Å². The van der Waals surface area contributed by atoms with Crippen LogP contribution in [0.25, 0.3) is 0 Å². The maximum Gasteiger partial charge on any atom is 0.308 e. The van der Waals surface area contributed by atoms with Gasteiger partial charge in [-0.2, -0.15) is 0 Å². The first kappa shape index (κ1) is 13.8. The van der Waals surface area contributed by atoms with Gasteiger partial charge in [-0.1, -0.05) is 0 Å². The molecule has 2 rings (SSSR count). The summed E-state index contributed by atoms with van der Waals surface area (Å²) >= 11 is 0. The summed E-state index contributed by atoms with van der Waals surface area (Å²) in [4.78, 5) is 38.1. The number of amides is 2. The van der Waals surface area contributed by atoms with Crippen LogP contribution in [0.2, 0.25) is 0 Å². The van der Waals surface area contributed by atoms with Gasteiger partial charge in [0.2, 0.25) is 11.8 Å². The summed E-state index contributed by atoms with van der Waals surface area (Å²) < 4.78 is 0. The van der Waals surface area contributed by atoms with E-state index in [1.54, 1.807) is 9.80 Å². The molecule has 2 heterocycles. The van der Waals surface area contributed by atoms with Crippen molar-refractivity contribution in [2.75, 3.05) is 19.6 Å². The molecule has 0 aromatic carbocycles. The molecule has 1 N–H and O–H groups in total. The van der Waals surface area contributed by atoms with Gasteiger partial charge in [-0.3, -0.25) is 14.4 Å². The molecule has 0 spiro atoms. The van der Waals surface area contributed by atoms with Crippen LogP contribution in [0.3, 0.4) is 0 Å². The number of likely N-dealkylation sites (tertiary alicyclic amines) is 2. The van der Waals surface area contributed by atoms with E-state index in [9.17, 15) is 14.4 Å². The minimum absolute atomic E-state index is 0.0809. The number of hydrogen-bond donors (Lipinski definition) is 1. The Kier molecular flexibility index (Phi) is 4.07. The second-order valence-electron chi connectivity index (χ2n) is 5.33. The SMILES string of the molecule is CC(=O)N1CCCC1C(=O)N1CCCC(C(=O)O)C1. The lowest BCUT2D eigenvalue weighted by Crippen LogP contribution is -2.51. The summed E-state index contributed by atoms with van der Waals surface area (Å²) in [5, 5.41) is 9.04. The highest BCUT2D eigenvalue weighted by molar-refractivity contribution is 5.88. The van der Waals surface area contributed by atoms with Gasteiger partial charge < -0.3 is 14.9 Å². The fourth-order valence-electron chi connectivity index (χ4n) is 2.99. The molecular weight excluding hydrogens is 248 g/mol. The summed E-state index contributed by atoms with van der Waals surface area (Å²) in [5.74, 6) is -1.47. The fourth-order valence-corrected chi connectivity index (χ4v) is 2.99. The third-order valence-corrected chi connectivity index (χ3v) is 4.02. The minimum Gasteiger partial charge on any atom is -0.481 e. The maximum absolute atomic E-state index is 12.4. The average Bonchev–Trinajstić information content (AvgIpc) is 2.87. The molecule has 0 saturated carbocycles. The number of piperidine rings is 1. The predicted octanol–water partition coefficient (Wildman–Crippen LogP) is 0.320. The monoisotopic (exact) mass is 268 g/mol. The number of carboxylic acid groups (broad SMARTS) is 1. The van der Waals surface area contributed by atoms with Crippen LogP contribution in [0.15, 0.2) is 0 Å². The zero-order valence-corrected chi connectivity index (χ0v) is 11.2. The Morgan fingerprint density at radius 2 is 1.79 bits per heavy atom. The van der Waals surface area contributed by atoms with Gasteiger partial charge in [0.15, 0.2) is 0 Å². The summed E-state index contributed by atoms with van der Waals surface area (Å²) in [6.45, 7) is 2.98. The third kappa shape index (κ3) is 2.88. The first-order chi connectivity index (χ1) is 9.00. The first-order valence-electron chi connectivity index (χ1n) is 6.79. The number of carbonyl (C=O) groups is 3. The Labute approximate surface area is 112 Å². The second kappa shape index (κ2) is 5.59. The molecule has 6 heteroatoms. The third-order valence-electron chi connectivity index (χ3n) is 4.02. The topological polar surface area (TPSA) is 77.9 Å². The Morgan fingerprint density at radius 3 is 2.42 bits per heavy atom. The zero-order chi connectivity index (χ0) is 14.0. The number of nitrogens with zero attached hydrogens (tertiary/aromatic N) is 2. The predicted molar refractivity (Wildman–Crippen MR) is 67.3 cm³/mol. The van der Waals surface area contributed by atoms with Gasteiger partial charge in [-0.15, -0.1) is 0 Å². The minimum atomic E-state index is -0.840. The lowest BCUT2D eigenvalue weighted by Gasteiger charge is -2.34. The normalized spacial score (nSPS) is 27.4. The summed E-state index contributed by atoms with van der Waals surface area (Å²) in [6.07, 6.45) is 2.87. The molecule has 106 valence electrons. The molecule has 0 aliphatic carbocycles. The molecule has 2 aliphatic heterocycles. The quantitative estimate of drug-likeness (QED) is 0.782.